The number of anilines is 3. The Hall–Kier alpha value is -2.88. The van der Waals surface area contributed by atoms with Crippen molar-refractivity contribution in [1.82, 2.24) is 9.97 Å². The fourth-order valence-corrected chi connectivity index (χ4v) is 2.56. The SMILES string of the molecule is c1ccc(Nc2cc(NCC3CC3)nc(-c3ccccc3)n2)cc1. The Bertz CT molecular complexity index is 798. The summed E-state index contributed by atoms with van der Waals surface area (Å²) >= 11 is 0. The van der Waals surface area contributed by atoms with E-state index >= 15 is 0 Å². The molecule has 4 heteroatoms. The minimum atomic E-state index is 0.731. The van der Waals surface area contributed by atoms with Crippen molar-refractivity contribution in [3.05, 3.63) is 66.7 Å². The van der Waals surface area contributed by atoms with E-state index in [-0.39, 0.29) is 0 Å². The van der Waals surface area contributed by atoms with Crippen LogP contribution in [-0.2, 0) is 0 Å². The average Bonchev–Trinajstić information content (AvgIpc) is 3.46. The first kappa shape index (κ1) is 14.7. The van der Waals surface area contributed by atoms with Crippen molar-refractivity contribution in [1.29, 1.82) is 0 Å². The Morgan fingerprint density at radius 1 is 0.833 bits per heavy atom. The summed E-state index contributed by atoms with van der Waals surface area (Å²) in [5, 5.41) is 6.82. The first-order valence-corrected chi connectivity index (χ1v) is 8.37. The van der Waals surface area contributed by atoms with E-state index < -0.39 is 0 Å². The Morgan fingerprint density at radius 3 is 2.21 bits per heavy atom. The summed E-state index contributed by atoms with van der Waals surface area (Å²) in [7, 11) is 0. The van der Waals surface area contributed by atoms with E-state index in [1.54, 1.807) is 0 Å². The van der Waals surface area contributed by atoms with Gasteiger partial charge in [-0.3, -0.25) is 0 Å². The second kappa shape index (κ2) is 6.71. The Morgan fingerprint density at radius 2 is 1.50 bits per heavy atom. The maximum absolute atomic E-state index is 4.68. The summed E-state index contributed by atoms with van der Waals surface area (Å²) in [4.78, 5) is 9.36. The molecule has 0 bridgehead atoms. The van der Waals surface area contributed by atoms with E-state index in [9.17, 15) is 0 Å². The minimum Gasteiger partial charge on any atom is -0.370 e. The molecular formula is C20H20N4. The van der Waals surface area contributed by atoms with Crippen molar-refractivity contribution < 1.29 is 0 Å². The molecule has 1 aromatic heterocycles. The van der Waals surface area contributed by atoms with Gasteiger partial charge in [-0.25, -0.2) is 9.97 Å². The maximum atomic E-state index is 4.68. The van der Waals surface area contributed by atoms with Crippen LogP contribution in [0.25, 0.3) is 11.4 Å². The third kappa shape index (κ3) is 3.71. The lowest BCUT2D eigenvalue weighted by Crippen LogP contribution is -2.07. The molecule has 2 N–H and O–H groups in total. The number of para-hydroxylation sites is 1. The number of nitrogens with zero attached hydrogens (tertiary/aromatic N) is 2. The van der Waals surface area contributed by atoms with Crippen molar-refractivity contribution in [3.63, 3.8) is 0 Å². The van der Waals surface area contributed by atoms with Gasteiger partial charge in [-0.2, -0.15) is 0 Å². The van der Waals surface area contributed by atoms with E-state index in [1.807, 2.05) is 66.7 Å². The zero-order valence-corrected chi connectivity index (χ0v) is 13.4. The zero-order chi connectivity index (χ0) is 16.2. The van der Waals surface area contributed by atoms with Crippen LogP contribution in [0, 0.1) is 5.92 Å². The highest BCUT2D eigenvalue weighted by molar-refractivity contribution is 5.65. The van der Waals surface area contributed by atoms with Gasteiger partial charge in [0.2, 0.25) is 0 Å². The fraction of sp³-hybridized carbons (Fsp3) is 0.200. The molecule has 1 saturated carbocycles. The van der Waals surface area contributed by atoms with Crippen LogP contribution in [0.1, 0.15) is 12.8 Å². The number of rotatable bonds is 6. The predicted octanol–water partition coefficient (Wildman–Crippen LogP) is 4.71. The van der Waals surface area contributed by atoms with Gasteiger partial charge in [0.15, 0.2) is 5.82 Å². The van der Waals surface area contributed by atoms with Crippen LogP contribution in [0.3, 0.4) is 0 Å². The molecule has 1 heterocycles. The van der Waals surface area contributed by atoms with Crippen LogP contribution in [-0.4, -0.2) is 16.5 Å². The summed E-state index contributed by atoms with van der Waals surface area (Å²) in [5.74, 6) is 3.20. The predicted molar refractivity (Wildman–Crippen MR) is 98.4 cm³/mol. The number of aromatic nitrogens is 2. The molecule has 0 aliphatic heterocycles. The highest BCUT2D eigenvalue weighted by Gasteiger charge is 2.21. The lowest BCUT2D eigenvalue weighted by Gasteiger charge is -2.11. The van der Waals surface area contributed by atoms with E-state index in [0.29, 0.717) is 0 Å². The van der Waals surface area contributed by atoms with Gasteiger partial charge in [0.05, 0.1) is 0 Å². The quantitative estimate of drug-likeness (QED) is 0.691. The Labute approximate surface area is 142 Å². The number of benzene rings is 2. The molecule has 0 unspecified atom stereocenters. The van der Waals surface area contributed by atoms with E-state index in [0.717, 1.165) is 41.2 Å². The second-order valence-corrected chi connectivity index (χ2v) is 6.14. The summed E-state index contributed by atoms with van der Waals surface area (Å²) in [5.41, 5.74) is 2.03. The van der Waals surface area contributed by atoms with Crippen LogP contribution >= 0.6 is 0 Å². The molecule has 0 saturated heterocycles. The van der Waals surface area contributed by atoms with Gasteiger partial charge in [0, 0.05) is 23.9 Å². The number of hydrogen-bond donors (Lipinski definition) is 2. The molecule has 120 valence electrons. The molecule has 0 spiro atoms. The van der Waals surface area contributed by atoms with Crippen LogP contribution in [0.5, 0.6) is 0 Å². The van der Waals surface area contributed by atoms with Gasteiger partial charge in [-0.1, -0.05) is 48.5 Å². The zero-order valence-electron chi connectivity index (χ0n) is 13.4. The molecule has 1 aliphatic rings. The van der Waals surface area contributed by atoms with Crippen molar-refractivity contribution in [2.45, 2.75) is 12.8 Å². The summed E-state index contributed by atoms with van der Waals surface area (Å²) in [6, 6.07) is 22.1. The standard InChI is InChI=1S/C20H20N4/c1-3-7-16(8-4-1)20-23-18(21-14-15-11-12-15)13-19(24-20)22-17-9-5-2-6-10-17/h1-10,13,15H,11-12,14H2,(H2,21,22,23,24). The first-order chi connectivity index (χ1) is 11.9. The third-order valence-corrected chi connectivity index (χ3v) is 4.07. The normalized spacial score (nSPS) is 13.5. The van der Waals surface area contributed by atoms with Gasteiger partial charge in [-0.15, -0.1) is 0 Å². The van der Waals surface area contributed by atoms with Crippen molar-refractivity contribution >= 4 is 17.3 Å². The van der Waals surface area contributed by atoms with Gasteiger partial charge in [0.25, 0.3) is 0 Å². The number of hydrogen-bond acceptors (Lipinski definition) is 4. The molecule has 0 amide bonds. The van der Waals surface area contributed by atoms with Crippen LogP contribution in [0.15, 0.2) is 66.7 Å². The summed E-state index contributed by atoms with van der Waals surface area (Å²) < 4.78 is 0. The Kier molecular flexibility index (Phi) is 4.11. The summed E-state index contributed by atoms with van der Waals surface area (Å²) in [6.45, 7) is 0.982. The van der Waals surface area contributed by atoms with Crippen LogP contribution < -0.4 is 10.6 Å². The van der Waals surface area contributed by atoms with E-state index in [1.165, 1.54) is 12.8 Å². The highest BCUT2D eigenvalue weighted by Crippen LogP contribution is 2.29. The molecular weight excluding hydrogens is 296 g/mol. The largest absolute Gasteiger partial charge is 0.370 e. The molecule has 24 heavy (non-hydrogen) atoms. The fourth-order valence-electron chi connectivity index (χ4n) is 2.56. The van der Waals surface area contributed by atoms with Gasteiger partial charge in [-0.05, 0) is 30.9 Å². The minimum absolute atomic E-state index is 0.731. The lowest BCUT2D eigenvalue weighted by atomic mass is 10.2. The average molecular weight is 316 g/mol. The van der Waals surface area contributed by atoms with Crippen LogP contribution in [0.4, 0.5) is 17.3 Å². The molecule has 0 radical (unpaired) electrons. The molecule has 4 rings (SSSR count). The van der Waals surface area contributed by atoms with E-state index in [4.69, 9.17) is 0 Å². The second-order valence-electron chi connectivity index (χ2n) is 6.14. The van der Waals surface area contributed by atoms with Gasteiger partial charge < -0.3 is 10.6 Å². The third-order valence-electron chi connectivity index (χ3n) is 4.07. The van der Waals surface area contributed by atoms with Crippen molar-refractivity contribution in [2.24, 2.45) is 5.92 Å². The maximum Gasteiger partial charge on any atom is 0.163 e. The molecule has 1 aliphatic carbocycles. The molecule has 1 fully saturated rings. The lowest BCUT2D eigenvalue weighted by molar-refractivity contribution is 0.882. The van der Waals surface area contributed by atoms with Crippen LogP contribution in [0.2, 0.25) is 0 Å². The van der Waals surface area contributed by atoms with E-state index in [2.05, 4.69) is 20.6 Å². The number of nitrogens with one attached hydrogen (secondary N) is 2. The topological polar surface area (TPSA) is 49.8 Å². The van der Waals surface area contributed by atoms with Gasteiger partial charge >= 0.3 is 0 Å². The smallest absolute Gasteiger partial charge is 0.163 e. The monoisotopic (exact) mass is 316 g/mol. The highest BCUT2D eigenvalue weighted by atomic mass is 15.1. The van der Waals surface area contributed by atoms with Crippen molar-refractivity contribution in [2.75, 3.05) is 17.2 Å². The molecule has 3 aromatic rings. The molecule has 0 atom stereocenters. The van der Waals surface area contributed by atoms with Crippen molar-refractivity contribution in [3.8, 4) is 11.4 Å². The Balaban J connectivity index is 1.64. The molecule has 4 nitrogen and oxygen atoms in total. The summed E-state index contributed by atoms with van der Waals surface area (Å²) in [6.07, 6.45) is 2.64. The van der Waals surface area contributed by atoms with Gasteiger partial charge in [0.1, 0.15) is 11.6 Å². The molecule has 2 aromatic carbocycles. The first-order valence-electron chi connectivity index (χ1n) is 8.37.